The molecule has 1 atom stereocenters. The van der Waals surface area contributed by atoms with E-state index in [1.54, 1.807) is 24.3 Å². The Hall–Kier alpha value is -2.82. The monoisotopic (exact) mass is 522 g/mol. The van der Waals surface area contributed by atoms with Crippen molar-refractivity contribution in [3.63, 3.8) is 0 Å². The number of benzene rings is 1. The van der Waals surface area contributed by atoms with Gasteiger partial charge < -0.3 is 15.0 Å². The number of aromatic nitrogens is 1. The third-order valence-electron chi connectivity index (χ3n) is 7.28. The number of nitrogens with one attached hydrogen (secondary N) is 2. The highest BCUT2D eigenvalue weighted by Crippen LogP contribution is 2.54. The van der Waals surface area contributed by atoms with Gasteiger partial charge in [-0.25, -0.2) is 8.99 Å². The predicted octanol–water partition coefficient (Wildman–Crippen LogP) is 5.61. The lowest BCUT2D eigenvalue weighted by atomic mass is 9.93. The first kappa shape index (κ1) is 24.9. The Morgan fingerprint density at radius 3 is 2.53 bits per heavy atom. The van der Waals surface area contributed by atoms with Gasteiger partial charge in [-0.05, 0) is 68.2 Å². The molecule has 0 bridgehead atoms. The molecular weight excluding hydrogens is 493 g/mol. The van der Waals surface area contributed by atoms with Crippen LogP contribution >= 0.6 is 0 Å². The van der Waals surface area contributed by atoms with Crippen LogP contribution in [0.5, 0.6) is 5.88 Å². The number of piperidine rings is 1. The van der Waals surface area contributed by atoms with Crippen LogP contribution in [0.15, 0.2) is 41.3 Å². The molecule has 1 aromatic carbocycles. The number of halogens is 3. The van der Waals surface area contributed by atoms with E-state index in [-0.39, 0.29) is 16.9 Å². The molecule has 1 saturated heterocycles. The van der Waals surface area contributed by atoms with E-state index in [0.717, 1.165) is 38.8 Å². The van der Waals surface area contributed by atoms with Crippen molar-refractivity contribution in [2.45, 2.75) is 61.3 Å². The average Bonchev–Trinajstić information content (AvgIpc) is 3.75. The van der Waals surface area contributed by atoms with Gasteiger partial charge in [0.05, 0.1) is 34.0 Å². The van der Waals surface area contributed by atoms with Gasteiger partial charge in [0.2, 0.25) is 5.88 Å². The van der Waals surface area contributed by atoms with Crippen LogP contribution in [0, 0.1) is 10.2 Å². The topological polar surface area (TPSA) is 95.4 Å². The van der Waals surface area contributed by atoms with Crippen LogP contribution in [0.2, 0.25) is 0 Å². The van der Waals surface area contributed by atoms with Crippen molar-refractivity contribution < 1.29 is 26.9 Å². The highest BCUT2D eigenvalue weighted by Gasteiger charge is 2.45. The maximum atomic E-state index is 13.3. The van der Waals surface area contributed by atoms with Crippen molar-refractivity contribution in [3.05, 3.63) is 42.0 Å². The van der Waals surface area contributed by atoms with Gasteiger partial charge in [0.25, 0.3) is 5.91 Å². The summed E-state index contributed by atoms with van der Waals surface area (Å²) in [5.41, 5.74) is 1.46. The molecule has 0 radical (unpaired) electrons. The minimum atomic E-state index is -4.33. The van der Waals surface area contributed by atoms with E-state index < -0.39 is 34.8 Å². The zero-order chi connectivity index (χ0) is 25.6. The van der Waals surface area contributed by atoms with Crippen molar-refractivity contribution in [1.29, 1.82) is 4.78 Å². The second-order valence-corrected chi connectivity index (χ2v) is 12.3. The number of hydrogen-bond donors (Lipinski definition) is 2. The summed E-state index contributed by atoms with van der Waals surface area (Å²) in [6.07, 6.45) is 0.680. The quantitative estimate of drug-likeness (QED) is 0.470. The van der Waals surface area contributed by atoms with Gasteiger partial charge in [-0.15, -0.1) is 0 Å². The lowest BCUT2D eigenvalue weighted by Gasteiger charge is -2.35. The molecule has 1 spiro atoms. The SMILES string of the molecule is N=S(=O)(c1ccc(C(=O)Nc2cccc(OCCC(F)(F)F)n2)c(N2CCC3(CC2)CC3)c1)C1CC1. The lowest BCUT2D eigenvalue weighted by Crippen LogP contribution is -2.36. The number of carbonyl (C=O) groups is 1. The van der Waals surface area contributed by atoms with E-state index in [0.29, 0.717) is 21.6 Å². The van der Waals surface area contributed by atoms with Gasteiger partial charge in [0.15, 0.2) is 0 Å². The standard InChI is InChI=1S/C25H29F3N4O3S/c26-25(27,28)12-15-35-22-3-1-2-21(30-22)31-23(33)19-7-6-18(36(29,34)17-4-5-17)16-20(19)32-13-10-24(8-9-24)11-14-32/h1-3,6-7,16-17,29H,4-5,8-15H2,(H,30,31,33). The lowest BCUT2D eigenvalue weighted by molar-refractivity contribution is -0.139. The molecule has 2 heterocycles. The summed E-state index contributed by atoms with van der Waals surface area (Å²) in [7, 11) is -2.93. The van der Waals surface area contributed by atoms with Gasteiger partial charge >= 0.3 is 6.18 Å². The van der Waals surface area contributed by atoms with Crippen LogP contribution in [0.4, 0.5) is 24.7 Å². The normalized spacial score (nSPS) is 20.6. The summed E-state index contributed by atoms with van der Waals surface area (Å²) in [6.45, 7) is 1.00. The molecule has 7 nitrogen and oxygen atoms in total. The van der Waals surface area contributed by atoms with Crippen LogP contribution in [-0.4, -0.2) is 46.2 Å². The fourth-order valence-corrected chi connectivity index (χ4v) is 6.41. The fourth-order valence-electron chi connectivity index (χ4n) is 4.66. The maximum Gasteiger partial charge on any atom is 0.392 e. The smallest absolute Gasteiger partial charge is 0.392 e. The fraction of sp³-hybridized carbons (Fsp3) is 0.520. The number of anilines is 2. The Morgan fingerprint density at radius 2 is 1.89 bits per heavy atom. The first-order valence-electron chi connectivity index (χ1n) is 12.2. The molecule has 2 saturated carbocycles. The van der Waals surface area contributed by atoms with Gasteiger partial charge in [0.1, 0.15) is 5.82 Å². The van der Waals surface area contributed by atoms with E-state index in [9.17, 15) is 22.2 Å². The Morgan fingerprint density at radius 1 is 1.17 bits per heavy atom. The van der Waals surface area contributed by atoms with Gasteiger partial charge in [-0.3, -0.25) is 4.79 Å². The Labute approximate surface area is 208 Å². The number of nitrogens with zero attached hydrogens (tertiary/aromatic N) is 2. The highest BCUT2D eigenvalue weighted by molar-refractivity contribution is 7.93. The third-order valence-corrected chi connectivity index (χ3v) is 9.64. The number of rotatable bonds is 8. The summed E-state index contributed by atoms with van der Waals surface area (Å²) in [6, 6.07) is 9.45. The molecule has 2 N–H and O–H groups in total. The molecule has 1 amide bonds. The number of ether oxygens (including phenoxy) is 1. The van der Waals surface area contributed by atoms with Crippen molar-refractivity contribution >= 4 is 27.1 Å². The van der Waals surface area contributed by atoms with Crippen LogP contribution in [-0.2, 0) is 9.73 Å². The van der Waals surface area contributed by atoms with Gasteiger partial charge in [-0.1, -0.05) is 6.07 Å². The van der Waals surface area contributed by atoms with Crippen LogP contribution in [0.3, 0.4) is 0 Å². The maximum absolute atomic E-state index is 13.3. The molecular formula is C25H29F3N4O3S. The zero-order valence-electron chi connectivity index (χ0n) is 19.8. The number of alkyl halides is 3. The van der Waals surface area contributed by atoms with Crippen LogP contribution in [0.25, 0.3) is 0 Å². The Bertz CT molecular complexity index is 1250. The molecule has 11 heteroatoms. The molecule has 1 aliphatic heterocycles. The molecule has 3 aliphatic rings. The largest absolute Gasteiger partial charge is 0.477 e. The highest BCUT2D eigenvalue weighted by atomic mass is 32.2. The first-order valence-corrected chi connectivity index (χ1v) is 13.8. The minimum absolute atomic E-state index is 0.0169. The van der Waals surface area contributed by atoms with E-state index in [1.807, 2.05) is 0 Å². The molecule has 36 heavy (non-hydrogen) atoms. The summed E-state index contributed by atoms with van der Waals surface area (Å²) >= 11 is 0. The van der Waals surface area contributed by atoms with Crippen molar-refractivity contribution in [3.8, 4) is 5.88 Å². The Balaban J connectivity index is 1.36. The van der Waals surface area contributed by atoms with Crippen molar-refractivity contribution in [2.75, 3.05) is 29.9 Å². The molecule has 1 aromatic heterocycles. The van der Waals surface area contributed by atoms with E-state index in [4.69, 9.17) is 9.52 Å². The van der Waals surface area contributed by atoms with Crippen molar-refractivity contribution in [1.82, 2.24) is 4.98 Å². The van der Waals surface area contributed by atoms with E-state index in [1.165, 1.54) is 25.0 Å². The third kappa shape index (κ3) is 5.61. The Kier molecular flexibility index (Phi) is 6.38. The number of hydrogen-bond acceptors (Lipinski definition) is 6. The molecule has 2 aromatic rings. The summed E-state index contributed by atoms with van der Waals surface area (Å²) in [5, 5.41) is 2.58. The van der Waals surface area contributed by atoms with Gasteiger partial charge in [-0.2, -0.15) is 18.2 Å². The van der Waals surface area contributed by atoms with Crippen LogP contribution < -0.4 is 15.0 Å². The molecule has 5 rings (SSSR count). The summed E-state index contributed by atoms with van der Waals surface area (Å²) < 4.78 is 63.8. The zero-order valence-corrected chi connectivity index (χ0v) is 20.6. The first-order chi connectivity index (χ1) is 17.0. The average molecular weight is 523 g/mol. The molecule has 2 aliphatic carbocycles. The summed E-state index contributed by atoms with van der Waals surface area (Å²) in [5.74, 6) is -0.305. The number of carbonyl (C=O) groups excluding carboxylic acids is 1. The minimum Gasteiger partial charge on any atom is -0.477 e. The van der Waals surface area contributed by atoms with Gasteiger partial charge in [0, 0.05) is 29.3 Å². The second-order valence-electron chi connectivity index (χ2n) is 9.99. The predicted molar refractivity (Wildman–Crippen MR) is 130 cm³/mol. The summed E-state index contributed by atoms with van der Waals surface area (Å²) in [4.78, 5) is 20.0. The second kappa shape index (κ2) is 9.24. The number of amides is 1. The van der Waals surface area contributed by atoms with Crippen molar-refractivity contribution in [2.24, 2.45) is 5.41 Å². The van der Waals surface area contributed by atoms with Crippen LogP contribution in [0.1, 0.15) is 55.3 Å². The molecule has 194 valence electrons. The van der Waals surface area contributed by atoms with E-state index >= 15 is 0 Å². The van der Waals surface area contributed by atoms with E-state index in [2.05, 4.69) is 15.2 Å². The molecule has 3 fully saturated rings. The number of pyridine rings is 1. The molecule has 1 unspecified atom stereocenters.